The first-order valence-electron chi connectivity index (χ1n) is 6.38. The summed E-state index contributed by atoms with van der Waals surface area (Å²) in [6.45, 7) is 2.38. The summed E-state index contributed by atoms with van der Waals surface area (Å²) in [5, 5.41) is 0. The Morgan fingerprint density at radius 2 is 2.00 bits per heavy atom. The summed E-state index contributed by atoms with van der Waals surface area (Å²) in [5.74, 6) is -0.334. The van der Waals surface area contributed by atoms with Gasteiger partial charge in [0.15, 0.2) is 0 Å². The van der Waals surface area contributed by atoms with Gasteiger partial charge in [0.1, 0.15) is 5.82 Å². The second-order valence-electron chi connectivity index (χ2n) is 4.99. The van der Waals surface area contributed by atoms with Crippen molar-refractivity contribution >= 4 is 27.2 Å². The van der Waals surface area contributed by atoms with Crippen molar-refractivity contribution < 1.29 is 12.8 Å². The molecule has 20 heavy (non-hydrogen) atoms. The molecule has 0 saturated carbocycles. The monoisotopic (exact) mass is 316 g/mol. The molecule has 1 aromatic carbocycles. The Labute approximate surface area is 123 Å². The molecule has 0 aliphatic carbocycles. The summed E-state index contributed by atoms with van der Waals surface area (Å²) in [5.41, 5.74) is 6.01. The first kappa shape index (κ1) is 15.3. The number of benzene rings is 1. The van der Waals surface area contributed by atoms with E-state index in [-0.39, 0.29) is 10.8 Å². The maximum atomic E-state index is 13.1. The van der Waals surface area contributed by atoms with Gasteiger partial charge in [0.25, 0.3) is 0 Å². The quantitative estimate of drug-likeness (QED) is 0.864. The standard InChI is InChI=1S/C13H17FN2O2S2/c1-9-8-11(14)2-3-12(9)20(17,18)16-6-4-10(5-7-16)13(15)19/h2-3,8,10H,4-7H2,1H3,(H2,15,19). The Morgan fingerprint density at radius 3 is 2.50 bits per heavy atom. The fourth-order valence-electron chi connectivity index (χ4n) is 2.42. The molecule has 1 heterocycles. The largest absolute Gasteiger partial charge is 0.393 e. The van der Waals surface area contributed by atoms with E-state index in [0.29, 0.717) is 36.5 Å². The topological polar surface area (TPSA) is 63.4 Å². The highest BCUT2D eigenvalue weighted by Crippen LogP contribution is 2.26. The predicted octanol–water partition coefficient (Wildman–Crippen LogP) is 1.82. The van der Waals surface area contributed by atoms with Crippen molar-refractivity contribution in [3.05, 3.63) is 29.6 Å². The van der Waals surface area contributed by atoms with Gasteiger partial charge in [-0.05, 0) is 43.5 Å². The lowest BCUT2D eigenvalue weighted by molar-refractivity contribution is 0.316. The third-order valence-electron chi connectivity index (χ3n) is 3.61. The number of hydrogen-bond donors (Lipinski definition) is 1. The molecule has 110 valence electrons. The lowest BCUT2D eigenvalue weighted by Gasteiger charge is -2.31. The molecule has 1 aromatic rings. The molecule has 0 amide bonds. The first-order valence-corrected chi connectivity index (χ1v) is 8.23. The summed E-state index contributed by atoms with van der Waals surface area (Å²) in [7, 11) is -3.58. The third-order valence-corrected chi connectivity index (χ3v) is 6.00. The van der Waals surface area contributed by atoms with Gasteiger partial charge >= 0.3 is 0 Å². The molecule has 1 aliphatic rings. The van der Waals surface area contributed by atoms with Crippen LogP contribution in [0.5, 0.6) is 0 Å². The Morgan fingerprint density at radius 1 is 1.40 bits per heavy atom. The fourth-order valence-corrected chi connectivity index (χ4v) is 4.33. The molecule has 2 rings (SSSR count). The van der Waals surface area contributed by atoms with Gasteiger partial charge in [0.05, 0.1) is 9.88 Å². The predicted molar refractivity (Wildman–Crippen MR) is 79.4 cm³/mol. The van der Waals surface area contributed by atoms with Crippen LogP contribution in [0.25, 0.3) is 0 Å². The molecule has 0 bridgehead atoms. The van der Waals surface area contributed by atoms with Crippen LogP contribution in [0.2, 0.25) is 0 Å². The molecular weight excluding hydrogens is 299 g/mol. The molecule has 2 N–H and O–H groups in total. The van der Waals surface area contributed by atoms with Crippen molar-refractivity contribution in [2.45, 2.75) is 24.7 Å². The van der Waals surface area contributed by atoms with Gasteiger partial charge in [0.2, 0.25) is 10.0 Å². The Hall–Kier alpha value is -1.05. The van der Waals surface area contributed by atoms with Crippen molar-refractivity contribution in [1.82, 2.24) is 4.31 Å². The maximum Gasteiger partial charge on any atom is 0.243 e. The summed E-state index contributed by atoms with van der Waals surface area (Å²) < 4.78 is 39.6. The molecule has 0 radical (unpaired) electrons. The zero-order valence-electron chi connectivity index (χ0n) is 11.2. The van der Waals surface area contributed by atoms with Gasteiger partial charge in [-0.2, -0.15) is 4.31 Å². The van der Waals surface area contributed by atoms with Crippen LogP contribution >= 0.6 is 12.2 Å². The second kappa shape index (κ2) is 5.75. The van der Waals surface area contributed by atoms with E-state index in [1.165, 1.54) is 22.5 Å². The van der Waals surface area contributed by atoms with Crippen LogP contribution in [0.15, 0.2) is 23.1 Å². The number of thiocarbonyl (C=S) groups is 1. The summed E-state index contributed by atoms with van der Waals surface area (Å²) in [6, 6.07) is 3.72. The highest BCUT2D eigenvalue weighted by molar-refractivity contribution is 7.89. The number of nitrogens with two attached hydrogens (primary N) is 1. The second-order valence-corrected chi connectivity index (χ2v) is 7.37. The van der Waals surface area contributed by atoms with Crippen LogP contribution in [0.4, 0.5) is 4.39 Å². The number of sulfonamides is 1. The number of piperidine rings is 1. The summed E-state index contributed by atoms with van der Waals surface area (Å²) in [6.07, 6.45) is 1.27. The molecule has 1 saturated heterocycles. The minimum absolute atomic E-state index is 0.103. The molecule has 0 unspecified atom stereocenters. The molecule has 4 nitrogen and oxygen atoms in total. The van der Waals surface area contributed by atoms with Crippen molar-refractivity contribution in [3.63, 3.8) is 0 Å². The van der Waals surface area contributed by atoms with Crippen LogP contribution in [-0.4, -0.2) is 30.8 Å². The van der Waals surface area contributed by atoms with Crippen LogP contribution in [0.3, 0.4) is 0 Å². The lowest BCUT2D eigenvalue weighted by atomic mass is 9.98. The Bertz CT molecular complexity index is 623. The average Bonchev–Trinajstić information content (AvgIpc) is 2.38. The average molecular weight is 316 g/mol. The molecule has 0 spiro atoms. The van der Waals surface area contributed by atoms with Gasteiger partial charge in [-0.3, -0.25) is 0 Å². The van der Waals surface area contributed by atoms with Crippen LogP contribution in [-0.2, 0) is 10.0 Å². The minimum atomic E-state index is -3.58. The Balaban J connectivity index is 2.22. The fraction of sp³-hybridized carbons (Fsp3) is 0.462. The molecule has 1 aliphatic heterocycles. The lowest BCUT2D eigenvalue weighted by Crippen LogP contribution is -2.41. The van der Waals surface area contributed by atoms with E-state index in [4.69, 9.17) is 18.0 Å². The number of aryl methyl sites for hydroxylation is 1. The summed E-state index contributed by atoms with van der Waals surface area (Å²) >= 11 is 4.94. The van der Waals surface area contributed by atoms with E-state index in [0.717, 1.165) is 0 Å². The highest BCUT2D eigenvalue weighted by atomic mass is 32.2. The van der Waals surface area contributed by atoms with E-state index in [1.807, 2.05) is 0 Å². The van der Waals surface area contributed by atoms with Gasteiger partial charge in [-0.1, -0.05) is 12.2 Å². The van der Waals surface area contributed by atoms with Crippen molar-refractivity contribution in [1.29, 1.82) is 0 Å². The molecule has 0 aromatic heterocycles. The zero-order valence-corrected chi connectivity index (χ0v) is 12.8. The van der Waals surface area contributed by atoms with E-state index in [1.54, 1.807) is 6.92 Å². The first-order chi connectivity index (χ1) is 9.32. The van der Waals surface area contributed by atoms with Crippen molar-refractivity contribution in [3.8, 4) is 0 Å². The number of nitrogens with zero attached hydrogens (tertiary/aromatic N) is 1. The molecular formula is C13H17FN2O2S2. The smallest absolute Gasteiger partial charge is 0.243 e. The van der Waals surface area contributed by atoms with Crippen LogP contribution in [0.1, 0.15) is 18.4 Å². The Kier molecular flexibility index (Phi) is 4.41. The SMILES string of the molecule is Cc1cc(F)ccc1S(=O)(=O)N1CCC(C(N)=S)CC1. The van der Waals surface area contributed by atoms with Crippen LogP contribution in [0, 0.1) is 18.7 Å². The zero-order chi connectivity index (χ0) is 14.9. The highest BCUT2D eigenvalue weighted by Gasteiger charge is 2.31. The molecule has 1 fully saturated rings. The van der Waals surface area contributed by atoms with E-state index >= 15 is 0 Å². The van der Waals surface area contributed by atoms with Crippen molar-refractivity contribution in [2.24, 2.45) is 11.7 Å². The maximum absolute atomic E-state index is 13.1. The summed E-state index contributed by atoms with van der Waals surface area (Å²) in [4.78, 5) is 0.604. The normalized spacial score (nSPS) is 18.1. The number of halogens is 1. The number of hydrogen-bond acceptors (Lipinski definition) is 3. The minimum Gasteiger partial charge on any atom is -0.393 e. The van der Waals surface area contributed by atoms with E-state index in [2.05, 4.69) is 0 Å². The number of rotatable bonds is 3. The van der Waals surface area contributed by atoms with Gasteiger partial charge in [0, 0.05) is 19.0 Å². The molecule has 0 atom stereocenters. The van der Waals surface area contributed by atoms with Gasteiger partial charge < -0.3 is 5.73 Å². The van der Waals surface area contributed by atoms with Crippen LogP contribution < -0.4 is 5.73 Å². The van der Waals surface area contributed by atoms with E-state index < -0.39 is 15.8 Å². The molecule has 7 heteroatoms. The van der Waals surface area contributed by atoms with Crippen molar-refractivity contribution in [2.75, 3.05) is 13.1 Å². The van der Waals surface area contributed by atoms with Gasteiger partial charge in [-0.15, -0.1) is 0 Å². The van der Waals surface area contributed by atoms with E-state index in [9.17, 15) is 12.8 Å². The third kappa shape index (κ3) is 2.99. The van der Waals surface area contributed by atoms with Gasteiger partial charge in [-0.25, -0.2) is 12.8 Å².